The standard InChI is InChI=1S/C31H37Cl2N3O4S/c1-3-4-20-34-31(38)29(22-24-9-6-5-7-10-24)35(23-25-12-14-26(32)15-13-25)30(37)11-8-21-36(41(2,39)40)28-18-16-27(33)17-19-28/h5-7,9-10,12-19,29H,3-4,8,11,20-23H2,1-2H3,(H,34,38)/t29-/m0/s1. The number of carbonyl (C=O) groups excluding carboxylic acids is 2. The van der Waals surface area contributed by atoms with E-state index < -0.39 is 16.1 Å². The maximum Gasteiger partial charge on any atom is 0.243 e. The molecule has 0 spiro atoms. The second-order valence-electron chi connectivity index (χ2n) is 9.91. The van der Waals surface area contributed by atoms with Crippen molar-refractivity contribution in [2.75, 3.05) is 23.7 Å². The number of carbonyl (C=O) groups is 2. The van der Waals surface area contributed by atoms with Crippen LogP contribution in [0.1, 0.15) is 43.7 Å². The molecule has 0 aliphatic carbocycles. The number of sulfonamides is 1. The molecule has 0 saturated carbocycles. The number of hydrogen-bond acceptors (Lipinski definition) is 4. The average molecular weight is 619 g/mol. The zero-order chi connectivity index (χ0) is 29.8. The number of anilines is 1. The highest BCUT2D eigenvalue weighted by Gasteiger charge is 2.30. The van der Waals surface area contributed by atoms with Crippen molar-refractivity contribution < 1.29 is 18.0 Å². The molecule has 0 aromatic heterocycles. The topological polar surface area (TPSA) is 86.8 Å². The molecule has 41 heavy (non-hydrogen) atoms. The number of halogens is 2. The van der Waals surface area contributed by atoms with Gasteiger partial charge in [-0.25, -0.2) is 8.42 Å². The summed E-state index contributed by atoms with van der Waals surface area (Å²) in [5.41, 5.74) is 2.24. The van der Waals surface area contributed by atoms with Gasteiger partial charge in [-0.2, -0.15) is 0 Å². The Bertz CT molecular complexity index is 1370. The number of benzene rings is 3. The fraction of sp³-hybridized carbons (Fsp3) is 0.355. The molecule has 1 N–H and O–H groups in total. The van der Waals surface area contributed by atoms with E-state index >= 15 is 0 Å². The number of rotatable bonds is 15. The SMILES string of the molecule is CCCCNC(=O)[C@H](Cc1ccccc1)N(Cc1ccc(Cl)cc1)C(=O)CCCN(c1ccc(Cl)cc1)S(C)(=O)=O. The van der Waals surface area contributed by atoms with Gasteiger partial charge in [-0.05, 0) is 60.4 Å². The smallest absolute Gasteiger partial charge is 0.243 e. The molecule has 0 aliphatic rings. The number of nitrogens with zero attached hydrogens (tertiary/aromatic N) is 2. The summed E-state index contributed by atoms with van der Waals surface area (Å²) in [6.07, 6.45) is 3.56. The molecule has 0 fully saturated rings. The Labute approximate surface area is 253 Å². The Morgan fingerprint density at radius 2 is 1.46 bits per heavy atom. The van der Waals surface area contributed by atoms with Crippen molar-refractivity contribution >= 4 is 50.7 Å². The van der Waals surface area contributed by atoms with Crippen LogP contribution in [0.5, 0.6) is 0 Å². The van der Waals surface area contributed by atoms with Crippen LogP contribution in [0.4, 0.5) is 5.69 Å². The van der Waals surface area contributed by atoms with Crippen molar-refractivity contribution in [1.82, 2.24) is 10.2 Å². The van der Waals surface area contributed by atoms with E-state index in [9.17, 15) is 18.0 Å². The van der Waals surface area contributed by atoms with E-state index in [4.69, 9.17) is 23.2 Å². The third kappa shape index (κ3) is 10.4. The molecular formula is C31H37Cl2N3O4S. The highest BCUT2D eigenvalue weighted by Crippen LogP contribution is 2.22. The molecule has 3 rings (SSSR count). The van der Waals surface area contributed by atoms with Crippen LogP contribution in [-0.4, -0.2) is 50.5 Å². The third-order valence-electron chi connectivity index (χ3n) is 6.63. The van der Waals surface area contributed by atoms with Crippen molar-refractivity contribution in [2.24, 2.45) is 0 Å². The average Bonchev–Trinajstić information content (AvgIpc) is 2.94. The first-order valence-electron chi connectivity index (χ1n) is 13.7. The van der Waals surface area contributed by atoms with E-state index in [0.717, 1.165) is 30.2 Å². The molecule has 220 valence electrons. The molecule has 3 aromatic carbocycles. The van der Waals surface area contributed by atoms with Crippen molar-refractivity contribution in [2.45, 2.75) is 51.6 Å². The molecule has 7 nitrogen and oxygen atoms in total. The molecule has 0 radical (unpaired) electrons. The van der Waals surface area contributed by atoms with Gasteiger partial charge in [0, 0.05) is 42.5 Å². The zero-order valence-corrected chi connectivity index (χ0v) is 25.8. The molecule has 0 saturated heterocycles. The fourth-order valence-corrected chi connectivity index (χ4v) is 5.68. The van der Waals surface area contributed by atoms with Gasteiger partial charge < -0.3 is 10.2 Å². The van der Waals surface area contributed by atoms with Crippen molar-refractivity contribution in [3.63, 3.8) is 0 Å². The van der Waals surface area contributed by atoms with Crippen LogP contribution in [0.3, 0.4) is 0 Å². The molecule has 1 atom stereocenters. The third-order valence-corrected chi connectivity index (χ3v) is 8.33. The predicted molar refractivity (Wildman–Crippen MR) is 167 cm³/mol. The lowest BCUT2D eigenvalue weighted by molar-refractivity contribution is -0.141. The maximum absolute atomic E-state index is 13.8. The van der Waals surface area contributed by atoms with Gasteiger partial charge in [-0.1, -0.05) is 79.0 Å². The summed E-state index contributed by atoms with van der Waals surface area (Å²) in [5, 5.41) is 4.08. The van der Waals surface area contributed by atoms with Gasteiger partial charge in [0.1, 0.15) is 6.04 Å². The number of amides is 2. The van der Waals surface area contributed by atoms with Crippen LogP contribution in [0.15, 0.2) is 78.9 Å². The molecule has 2 amide bonds. The quantitative estimate of drug-likeness (QED) is 0.209. The number of unbranched alkanes of at least 4 members (excludes halogenated alkanes) is 1. The van der Waals surface area contributed by atoms with Crippen LogP contribution in [0, 0.1) is 0 Å². The molecule has 0 aliphatic heterocycles. The molecule has 0 bridgehead atoms. The van der Waals surface area contributed by atoms with E-state index in [-0.39, 0.29) is 37.7 Å². The van der Waals surface area contributed by atoms with Crippen molar-refractivity contribution in [3.8, 4) is 0 Å². The minimum absolute atomic E-state index is 0.0563. The van der Waals surface area contributed by atoms with Gasteiger partial charge >= 0.3 is 0 Å². The summed E-state index contributed by atoms with van der Waals surface area (Å²) in [4.78, 5) is 28.9. The number of nitrogens with one attached hydrogen (secondary N) is 1. The van der Waals surface area contributed by atoms with Crippen molar-refractivity contribution in [3.05, 3.63) is 100 Å². The minimum atomic E-state index is -3.60. The normalized spacial score (nSPS) is 12.0. The monoisotopic (exact) mass is 617 g/mol. The van der Waals surface area contributed by atoms with Gasteiger partial charge in [0.2, 0.25) is 21.8 Å². The van der Waals surface area contributed by atoms with E-state index in [2.05, 4.69) is 5.32 Å². The zero-order valence-electron chi connectivity index (χ0n) is 23.4. The van der Waals surface area contributed by atoms with Crippen LogP contribution in [0.2, 0.25) is 10.0 Å². The summed E-state index contributed by atoms with van der Waals surface area (Å²) in [6, 6.07) is 22.5. The summed E-state index contributed by atoms with van der Waals surface area (Å²) in [5.74, 6) is -0.459. The van der Waals surface area contributed by atoms with Crippen LogP contribution >= 0.6 is 23.2 Å². The van der Waals surface area contributed by atoms with E-state index in [1.54, 1.807) is 41.3 Å². The largest absolute Gasteiger partial charge is 0.354 e. The molecule has 3 aromatic rings. The second kappa shape index (κ2) is 15.8. The van der Waals surface area contributed by atoms with Crippen LogP contribution < -0.4 is 9.62 Å². The molecule has 10 heteroatoms. The summed E-state index contributed by atoms with van der Waals surface area (Å²) in [7, 11) is -3.60. The van der Waals surface area contributed by atoms with E-state index in [0.29, 0.717) is 28.7 Å². The second-order valence-corrected chi connectivity index (χ2v) is 12.7. The maximum atomic E-state index is 13.8. The van der Waals surface area contributed by atoms with E-state index in [1.807, 2.05) is 49.4 Å². The minimum Gasteiger partial charge on any atom is -0.354 e. The Kier molecular flexibility index (Phi) is 12.5. The van der Waals surface area contributed by atoms with Crippen LogP contribution in [-0.2, 0) is 32.6 Å². The summed E-state index contributed by atoms with van der Waals surface area (Å²) in [6.45, 7) is 2.89. The first-order chi connectivity index (χ1) is 19.6. The van der Waals surface area contributed by atoms with Gasteiger partial charge in [0.05, 0.1) is 11.9 Å². The molecular weight excluding hydrogens is 581 g/mol. The summed E-state index contributed by atoms with van der Waals surface area (Å²) >= 11 is 12.1. The van der Waals surface area contributed by atoms with Gasteiger partial charge in [-0.15, -0.1) is 0 Å². The molecule has 0 heterocycles. The first kappa shape index (κ1) is 32.4. The number of hydrogen-bond donors (Lipinski definition) is 1. The van der Waals surface area contributed by atoms with Gasteiger partial charge in [-0.3, -0.25) is 13.9 Å². The Balaban J connectivity index is 1.86. The molecule has 0 unspecified atom stereocenters. The van der Waals surface area contributed by atoms with Gasteiger partial charge in [0.15, 0.2) is 0 Å². The van der Waals surface area contributed by atoms with Gasteiger partial charge in [0.25, 0.3) is 0 Å². The Hall–Kier alpha value is -3.07. The fourth-order valence-electron chi connectivity index (χ4n) is 4.46. The Morgan fingerprint density at radius 3 is 2.05 bits per heavy atom. The van der Waals surface area contributed by atoms with E-state index in [1.165, 1.54) is 4.31 Å². The highest BCUT2D eigenvalue weighted by molar-refractivity contribution is 7.92. The lowest BCUT2D eigenvalue weighted by Crippen LogP contribution is -2.50. The van der Waals surface area contributed by atoms with Crippen molar-refractivity contribution in [1.29, 1.82) is 0 Å². The summed E-state index contributed by atoms with van der Waals surface area (Å²) < 4.78 is 26.4. The Morgan fingerprint density at radius 1 is 0.854 bits per heavy atom. The highest BCUT2D eigenvalue weighted by atomic mass is 35.5. The van der Waals surface area contributed by atoms with Crippen LogP contribution in [0.25, 0.3) is 0 Å². The first-order valence-corrected chi connectivity index (χ1v) is 16.3. The lowest BCUT2D eigenvalue weighted by atomic mass is 10.0. The predicted octanol–water partition coefficient (Wildman–Crippen LogP) is 6.10. The lowest BCUT2D eigenvalue weighted by Gasteiger charge is -2.32.